The highest BCUT2D eigenvalue weighted by Crippen LogP contribution is 2.33. The van der Waals surface area contributed by atoms with Crippen molar-refractivity contribution in [3.63, 3.8) is 0 Å². The van der Waals surface area contributed by atoms with E-state index < -0.39 is 0 Å². The third-order valence-corrected chi connectivity index (χ3v) is 5.99. The van der Waals surface area contributed by atoms with Crippen LogP contribution in [0.3, 0.4) is 0 Å². The first-order valence-electron chi connectivity index (χ1n) is 9.20. The summed E-state index contributed by atoms with van der Waals surface area (Å²) in [5, 5.41) is 3.60. The second-order valence-corrected chi connectivity index (χ2v) is 7.60. The largest absolute Gasteiger partial charge is 0.317 e. The fourth-order valence-corrected chi connectivity index (χ4v) is 4.57. The molecular formula is C18H37N3. The van der Waals surface area contributed by atoms with Crippen LogP contribution in [0.5, 0.6) is 0 Å². The zero-order chi connectivity index (χ0) is 15.2. The first-order chi connectivity index (χ1) is 10.1. The summed E-state index contributed by atoms with van der Waals surface area (Å²) >= 11 is 0. The number of piperidine rings is 1. The maximum Gasteiger partial charge on any atom is 0.0117 e. The van der Waals surface area contributed by atoms with Crippen molar-refractivity contribution in [1.29, 1.82) is 0 Å². The molecule has 1 saturated carbocycles. The van der Waals surface area contributed by atoms with Crippen molar-refractivity contribution in [2.24, 2.45) is 11.8 Å². The Labute approximate surface area is 132 Å². The molecule has 2 rings (SSSR count). The first kappa shape index (κ1) is 17.2. The predicted octanol–water partition coefficient (Wildman–Crippen LogP) is 2.82. The summed E-state index contributed by atoms with van der Waals surface area (Å²) in [4.78, 5) is 5.15. The van der Waals surface area contributed by atoms with Crippen molar-refractivity contribution >= 4 is 0 Å². The summed E-state index contributed by atoms with van der Waals surface area (Å²) < 4.78 is 0. The standard InChI is InChI=1S/C18H37N3/c1-5-6-15-7-8-18(19-2)16(13-15)14-21(4)17-9-11-20(3)12-10-17/h15-19H,5-14H2,1-4H3. The van der Waals surface area contributed by atoms with Crippen molar-refractivity contribution in [2.75, 3.05) is 40.8 Å². The molecule has 1 aliphatic heterocycles. The van der Waals surface area contributed by atoms with E-state index in [4.69, 9.17) is 0 Å². The topological polar surface area (TPSA) is 18.5 Å². The van der Waals surface area contributed by atoms with Crippen molar-refractivity contribution in [3.8, 4) is 0 Å². The quantitative estimate of drug-likeness (QED) is 0.813. The van der Waals surface area contributed by atoms with Crippen molar-refractivity contribution in [2.45, 2.75) is 64.0 Å². The average Bonchev–Trinajstić information content (AvgIpc) is 2.48. The van der Waals surface area contributed by atoms with Crippen LogP contribution in [-0.4, -0.2) is 62.7 Å². The Balaban J connectivity index is 1.85. The van der Waals surface area contributed by atoms with Gasteiger partial charge in [-0.15, -0.1) is 0 Å². The lowest BCUT2D eigenvalue weighted by Gasteiger charge is -2.41. The highest BCUT2D eigenvalue weighted by molar-refractivity contribution is 4.87. The number of rotatable bonds is 6. The van der Waals surface area contributed by atoms with E-state index in [2.05, 4.69) is 43.2 Å². The average molecular weight is 296 g/mol. The van der Waals surface area contributed by atoms with Gasteiger partial charge >= 0.3 is 0 Å². The van der Waals surface area contributed by atoms with Crippen molar-refractivity contribution in [1.82, 2.24) is 15.1 Å². The molecule has 0 aromatic rings. The number of hydrogen-bond donors (Lipinski definition) is 1. The van der Waals surface area contributed by atoms with Gasteiger partial charge in [-0.1, -0.05) is 19.8 Å². The minimum Gasteiger partial charge on any atom is -0.317 e. The van der Waals surface area contributed by atoms with Crippen LogP contribution in [-0.2, 0) is 0 Å². The van der Waals surface area contributed by atoms with Crippen molar-refractivity contribution < 1.29 is 0 Å². The first-order valence-corrected chi connectivity index (χ1v) is 9.20. The Morgan fingerprint density at radius 1 is 1.14 bits per heavy atom. The van der Waals surface area contributed by atoms with Gasteiger partial charge in [-0.25, -0.2) is 0 Å². The summed E-state index contributed by atoms with van der Waals surface area (Å²) in [5.74, 6) is 1.83. The fraction of sp³-hybridized carbons (Fsp3) is 1.00. The molecule has 124 valence electrons. The summed E-state index contributed by atoms with van der Waals surface area (Å²) in [5.41, 5.74) is 0. The van der Waals surface area contributed by atoms with Gasteiger partial charge in [-0.3, -0.25) is 0 Å². The number of likely N-dealkylation sites (tertiary alicyclic amines) is 1. The third-order valence-electron chi connectivity index (χ3n) is 5.99. The molecule has 1 N–H and O–H groups in total. The zero-order valence-electron chi connectivity index (χ0n) is 14.8. The number of nitrogens with one attached hydrogen (secondary N) is 1. The maximum atomic E-state index is 3.60. The molecule has 21 heavy (non-hydrogen) atoms. The molecular weight excluding hydrogens is 258 g/mol. The lowest BCUT2D eigenvalue weighted by atomic mass is 9.76. The summed E-state index contributed by atoms with van der Waals surface area (Å²) in [6.45, 7) is 6.17. The van der Waals surface area contributed by atoms with E-state index in [1.165, 1.54) is 64.6 Å². The number of hydrogen-bond acceptors (Lipinski definition) is 3. The highest BCUT2D eigenvalue weighted by Gasteiger charge is 2.31. The van der Waals surface area contributed by atoms with E-state index in [0.717, 1.165) is 23.9 Å². The second kappa shape index (κ2) is 8.50. The molecule has 0 aromatic heterocycles. The van der Waals surface area contributed by atoms with E-state index in [9.17, 15) is 0 Å². The van der Waals surface area contributed by atoms with Crippen LogP contribution in [0.2, 0.25) is 0 Å². The monoisotopic (exact) mass is 295 g/mol. The molecule has 0 amide bonds. The van der Waals surface area contributed by atoms with Crippen LogP contribution in [0.4, 0.5) is 0 Å². The number of nitrogens with zero attached hydrogens (tertiary/aromatic N) is 2. The van der Waals surface area contributed by atoms with Gasteiger partial charge in [-0.05, 0) is 78.2 Å². The molecule has 2 aliphatic rings. The zero-order valence-corrected chi connectivity index (χ0v) is 14.8. The molecule has 3 nitrogen and oxygen atoms in total. The summed E-state index contributed by atoms with van der Waals surface area (Å²) in [6, 6.07) is 1.55. The Bertz CT molecular complexity index is 286. The van der Waals surface area contributed by atoms with E-state index in [0.29, 0.717) is 0 Å². The van der Waals surface area contributed by atoms with Crippen LogP contribution < -0.4 is 5.32 Å². The van der Waals surface area contributed by atoms with Gasteiger partial charge in [0.05, 0.1) is 0 Å². The molecule has 0 spiro atoms. The predicted molar refractivity (Wildman–Crippen MR) is 91.7 cm³/mol. The van der Waals surface area contributed by atoms with Gasteiger partial charge in [-0.2, -0.15) is 0 Å². The smallest absolute Gasteiger partial charge is 0.0117 e. The summed E-state index contributed by atoms with van der Waals surface area (Å²) in [7, 11) is 6.78. The van der Waals surface area contributed by atoms with E-state index >= 15 is 0 Å². The second-order valence-electron chi connectivity index (χ2n) is 7.60. The van der Waals surface area contributed by atoms with E-state index in [-0.39, 0.29) is 0 Å². The fourth-order valence-electron chi connectivity index (χ4n) is 4.57. The van der Waals surface area contributed by atoms with E-state index in [1.807, 2.05) is 0 Å². The Hall–Kier alpha value is -0.120. The molecule has 3 atom stereocenters. The van der Waals surface area contributed by atoms with Gasteiger partial charge in [0.15, 0.2) is 0 Å². The molecule has 0 bridgehead atoms. The van der Waals surface area contributed by atoms with Crippen LogP contribution in [0.15, 0.2) is 0 Å². The molecule has 1 heterocycles. The Morgan fingerprint density at radius 2 is 1.86 bits per heavy atom. The van der Waals surface area contributed by atoms with Gasteiger partial charge in [0.25, 0.3) is 0 Å². The molecule has 0 radical (unpaired) electrons. The maximum absolute atomic E-state index is 3.60. The lowest BCUT2D eigenvalue weighted by molar-refractivity contribution is 0.0966. The van der Waals surface area contributed by atoms with Crippen LogP contribution in [0.25, 0.3) is 0 Å². The van der Waals surface area contributed by atoms with Gasteiger partial charge in [0.1, 0.15) is 0 Å². The molecule has 1 aliphatic carbocycles. The SMILES string of the molecule is CCCC1CCC(NC)C(CN(C)C2CCN(C)CC2)C1. The van der Waals surface area contributed by atoms with Crippen LogP contribution >= 0.6 is 0 Å². The molecule has 3 heteroatoms. The van der Waals surface area contributed by atoms with E-state index in [1.54, 1.807) is 0 Å². The Morgan fingerprint density at radius 3 is 2.48 bits per heavy atom. The van der Waals surface area contributed by atoms with Crippen LogP contribution in [0.1, 0.15) is 51.9 Å². The lowest BCUT2D eigenvalue weighted by Crippen LogP contribution is -2.48. The molecule has 3 unspecified atom stereocenters. The normalized spacial score (nSPS) is 32.7. The highest BCUT2D eigenvalue weighted by atomic mass is 15.2. The van der Waals surface area contributed by atoms with Gasteiger partial charge in [0, 0.05) is 18.6 Å². The molecule has 1 saturated heterocycles. The molecule has 2 fully saturated rings. The third kappa shape index (κ3) is 4.94. The minimum absolute atomic E-state index is 0.742. The van der Waals surface area contributed by atoms with Crippen LogP contribution in [0, 0.1) is 11.8 Å². The van der Waals surface area contributed by atoms with Gasteiger partial charge < -0.3 is 15.1 Å². The summed E-state index contributed by atoms with van der Waals surface area (Å²) in [6.07, 6.45) is 9.75. The van der Waals surface area contributed by atoms with Gasteiger partial charge in [0.2, 0.25) is 0 Å². The Kier molecular flexibility index (Phi) is 6.97. The molecule has 0 aromatic carbocycles. The van der Waals surface area contributed by atoms with Crippen molar-refractivity contribution in [3.05, 3.63) is 0 Å². The minimum atomic E-state index is 0.742.